The van der Waals surface area contributed by atoms with E-state index in [0.29, 0.717) is 19.4 Å². The number of nitrogens with one attached hydrogen (secondary N) is 1. The largest absolute Gasteiger partial charge is 0.480 e. The molecule has 5 nitrogen and oxygen atoms in total. The molecule has 0 aromatic carbocycles. The van der Waals surface area contributed by atoms with Gasteiger partial charge < -0.3 is 15.2 Å². The fraction of sp³-hybridized carbons (Fsp3) is 0.818. The van der Waals surface area contributed by atoms with Gasteiger partial charge in [0.2, 0.25) is 5.91 Å². The molecule has 2 N–H and O–H groups in total. The molecule has 1 aliphatic heterocycles. The zero-order valence-electron chi connectivity index (χ0n) is 9.73. The first-order valence-electron chi connectivity index (χ1n) is 5.71. The number of amides is 1. The highest BCUT2D eigenvalue weighted by Crippen LogP contribution is 2.14. The molecule has 16 heavy (non-hydrogen) atoms. The topological polar surface area (TPSA) is 75.6 Å². The zero-order chi connectivity index (χ0) is 12.1. The predicted molar refractivity (Wildman–Crippen MR) is 58.0 cm³/mol. The van der Waals surface area contributed by atoms with E-state index >= 15 is 0 Å². The third kappa shape index (κ3) is 3.20. The second-order valence-electron chi connectivity index (χ2n) is 4.21. The molecule has 1 amide bonds. The first-order valence-corrected chi connectivity index (χ1v) is 5.71. The van der Waals surface area contributed by atoms with Crippen molar-refractivity contribution in [3.8, 4) is 0 Å². The lowest BCUT2D eigenvalue weighted by Crippen LogP contribution is -2.48. The normalized spacial score (nSPS) is 23.8. The van der Waals surface area contributed by atoms with Crippen molar-refractivity contribution in [3.05, 3.63) is 0 Å². The Morgan fingerprint density at radius 1 is 1.56 bits per heavy atom. The predicted octanol–water partition coefficient (Wildman–Crippen LogP) is 0.781. The number of aliphatic carboxylic acids is 1. The lowest BCUT2D eigenvalue weighted by molar-refractivity contribution is -0.145. The van der Waals surface area contributed by atoms with Gasteiger partial charge in [-0.2, -0.15) is 0 Å². The van der Waals surface area contributed by atoms with Crippen molar-refractivity contribution in [3.63, 3.8) is 0 Å². The van der Waals surface area contributed by atoms with E-state index in [2.05, 4.69) is 5.32 Å². The summed E-state index contributed by atoms with van der Waals surface area (Å²) in [6.45, 7) is 4.30. The Morgan fingerprint density at radius 2 is 2.25 bits per heavy atom. The van der Waals surface area contributed by atoms with Gasteiger partial charge in [-0.05, 0) is 18.8 Å². The van der Waals surface area contributed by atoms with Gasteiger partial charge in [0.05, 0.1) is 0 Å². The van der Waals surface area contributed by atoms with Gasteiger partial charge in [-0.15, -0.1) is 0 Å². The molecule has 1 heterocycles. The number of hydrogen-bond donors (Lipinski definition) is 2. The molecular weight excluding hydrogens is 210 g/mol. The van der Waals surface area contributed by atoms with E-state index in [1.807, 2.05) is 13.8 Å². The van der Waals surface area contributed by atoms with E-state index < -0.39 is 18.1 Å². The molecule has 1 saturated heterocycles. The van der Waals surface area contributed by atoms with Crippen LogP contribution in [0, 0.1) is 5.92 Å². The van der Waals surface area contributed by atoms with Crippen molar-refractivity contribution in [2.75, 3.05) is 6.61 Å². The third-order valence-corrected chi connectivity index (χ3v) is 3.00. The average Bonchev–Trinajstić information content (AvgIpc) is 2.77. The summed E-state index contributed by atoms with van der Waals surface area (Å²) in [4.78, 5) is 22.7. The number of carboxylic acids is 1. The van der Waals surface area contributed by atoms with Crippen molar-refractivity contribution in [2.24, 2.45) is 5.92 Å². The van der Waals surface area contributed by atoms with E-state index in [4.69, 9.17) is 9.84 Å². The molecule has 1 aliphatic rings. The Bertz CT molecular complexity index is 261. The highest BCUT2D eigenvalue weighted by Gasteiger charge is 2.30. The molecule has 3 atom stereocenters. The fourth-order valence-corrected chi connectivity index (χ4v) is 1.71. The molecule has 0 unspecified atom stereocenters. The van der Waals surface area contributed by atoms with Crippen molar-refractivity contribution in [2.45, 2.75) is 45.3 Å². The Labute approximate surface area is 95.2 Å². The van der Waals surface area contributed by atoms with Crippen LogP contribution < -0.4 is 5.32 Å². The van der Waals surface area contributed by atoms with Crippen LogP contribution in [-0.4, -0.2) is 35.7 Å². The molecule has 0 aromatic heterocycles. The molecule has 0 radical (unpaired) electrons. The smallest absolute Gasteiger partial charge is 0.326 e. The van der Waals surface area contributed by atoms with Crippen molar-refractivity contribution in [1.29, 1.82) is 0 Å². The van der Waals surface area contributed by atoms with E-state index in [0.717, 1.165) is 6.42 Å². The summed E-state index contributed by atoms with van der Waals surface area (Å²) in [7, 11) is 0. The van der Waals surface area contributed by atoms with Gasteiger partial charge in [0.15, 0.2) is 0 Å². The molecular formula is C11H19NO4. The van der Waals surface area contributed by atoms with Crippen molar-refractivity contribution < 1.29 is 19.4 Å². The Balaban J connectivity index is 2.53. The lowest BCUT2D eigenvalue weighted by atomic mass is 9.99. The molecule has 0 bridgehead atoms. The van der Waals surface area contributed by atoms with Crippen LogP contribution in [0.1, 0.15) is 33.1 Å². The Kier molecular flexibility index (Phi) is 4.73. The summed E-state index contributed by atoms with van der Waals surface area (Å²) >= 11 is 0. The first kappa shape index (κ1) is 13.0. The van der Waals surface area contributed by atoms with E-state index in [9.17, 15) is 9.59 Å². The van der Waals surface area contributed by atoms with E-state index in [1.54, 1.807) is 0 Å². The van der Waals surface area contributed by atoms with Crippen LogP contribution in [0.4, 0.5) is 0 Å². The standard InChI is InChI=1S/C11H19NO4/c1-3-7(2)9(11(14)15)12-10(13)8-5-4-6-16-8/h7-9H,3-6H2,1-2H3,(H,12,13)(H,14,15)/t7-,8+,9+/m0/s1. The minimum Gasteiger partial charge on any atom is -0.480 e. The number of carbonyl (C=O) groups is 2. The molecule has 0 spiro atoms. The molecule has 5 heteroatoms. The zero-order valence-corrected chi connectivity index (χ0v) is 9.73. The lowest BCUT2D eigenvalue weighted by Gasteiger charge is -2.21. The van der Waals surface area contributed by atoms with Crippen LogP contribution >= 0.6 is 0 Å². The minimum atomic E-state index is -0.985. The third-order valence-electron chi connectivity index (χ3n) is 3.00. The summed E-state index contributed by atoms with van der Waals surface area (Å²) in [5.74, 6) is -1.37. The number of rotatable bonds is 5. The Hall–Kier alpha value is -1.10. The van der Waals surface area contributed by atoms with Gasteiger partial charge >= 0.3 is 5.97 Å². The van der Waals surface area contributed by atoms with Gasteiger partial charge in [-0.3, -0.25) is 4.79 Å². The van der Waals surface area contributed by atoms with Crippen LogP contribution in [0.2, 0.25) is 0 Å². The van der Waals surface area contributed by atoms with Gasteiger partial charge in [0.25, 0.3) is 0 Å². The maximum atomic E-state index is 11.7. The van der Waals surface area contributed by atoms with E-state index in [-0.39, 0.29) is 11.8 Å². The molecule has 92 valence electrons. The van der Waals surface area contributed by atoms with Crippen LogP contribution in [0.15, 0.2) is 0 Å². The summed E-state index contributed by atoms with van der Waals surface area (Å²) in [6.07, 6.45) is 1.78. The summed E-state index contributed by atoms with van der Waals surface area (Å²) in [5, 5.41) is 11.6. The molecule has 0 aliphatic carbocycles. The van der Waals surface area contributed by atoms with Crippen LogP contribution in [0.25, 0.3) is 0 Å². The highest BCUT2D eigenvalue weighted by molar-refractivity contribution is 5.86. The molecule has 1 fully saturated rings. The maximum absolute atomic E-state index is 11.7. The summed E-state index contributed by atoms with van der Waals surface area (Å²) < 4.78 is 5.20. The summed E-state index contributed by atoms with van der Waals surface area (Å²) in [5.41, 5.74) is 0. The molecule has 0 saturated carbocycles. The fourth-order valence-electron chi connectivity index (χ4n) is 1.71. The van der Waals surface area contributed by atoms with Gasteiger partial charge in [0, 0.05) is 6.61 Å². The average molecular weight is 229 g/mol. The SMILES string of the molecule is CC[C@H](C)[C@@H](NC(=O)[C@H]1CCCO1)C(=O)O. The van der Waals surface area contributed by atoms with Gasteiger partial charge in [0.1, 0.15) is 12.1 Å². The number of carbonyl (C=O) groups excluding carboxylic acids is 1. The second-order valence-corrected chi connectivity index (χ2v) is 4.21. The van der Waals surface area contributed by atoms with Crippen molar-refractivity contribution >= 4 is 11.9 Å². The van der Waals surface area contributed by atoms with Crippen LogP contribution in [0.3, 0.4) is 0 Å². The molecule has 0 aromatic rings. The number of carboxylic acid groups (broad SMARTS) is 1. The van der Waals surface area contributed by atoms with Crippen LogP contribution in [-0.2, 0) is 14.3 Å². The van der Waals surface area contributed by atoms with Gasteiger partial charge in [-0.1, -0.05) is 20.3 Å². The second kappa shape index (κ2) is 5.84. The highest BCUT2D eigenvalue weighted by atomic mass is 16.5. The quantitative estimate of drug-likeness (QED) is 0.730. The van der Waals surface area contributed by atoms with Gasteiger partial charge in [-0.25, -0.2) is 4.79 Å². The van der Waals surface area contributed by atoms with E-state index in [1.165, 1.54) is 0 Å². The summed E-state index contributed by atoms with van der Waals surface area (Å²) in [6, 6.07) is -0.818. The number of hydrogen-bond acceptors (Lipinski definition) is 3. The number of ether oxygens (including phenoxy) is 1. The first-order chi connectivity index (χ1) is 7.56. The monoisotopic (exact) mass is 229 g/mol. The minimum absolute atomic E-state index is 0.0807. The Morgan fingerprint density at radius 3 is 2.69 bits per heavy atom. The van der Waals surface area contributed by atoms with Crippen molar-refractivity contribution in [1.82, 2.24) is 5.32 Å². The molecule has 1 rings (SSSR count). The maximum Gasteiger partial charge on any atom is 0.326 e. The van der Waals surface area contributed by atoms with Crippen LogP contribution in [0.5, 0.6) is 0 Å².